The van der Waals surface area contributed by atoms with Crippen molar-refractivity contribution < 1.29 is 13.5 Å². The number of halogens is 3. The van der Waals surface area contributed by atoms with Crippen LogP contribution >= 0.6 is 11.6 Å². The van der Waals surface area contributed by atoms with Gasteiger partial charge in [-0.3, -0.25) is 4.90 Å². The number of rotatable bonds is 6. The van der Waals surface area contributed by atoms with Gasteiger partial charge in [0.05, 0.1) is 30.8 Å². The van der Waals surface area contributed by atoms with Gasteiger partial charge in [-0.1, -0.05) is 11.6 Å². The molecule has 3 heterocycles. The third-order valence-corrected chi connectivity index (χ3v) is 6.28. The van der Waals surface area contributed by atoms with Gasteiger partial charge in [0.1, 0.15) is 12.1 Å². The maximum absolute atomic E-state index is 12.7. The third-order valence-electron chi connectivity index (χ3n) is 5.89. The van der Waals surface area contributed by atoms with Crippen LogP contribution in [0.15, 0.2) is 18.6 Å². The summed E-state index contributed by atoms with van der Waals surface area (Å²) >= 11 is 6.60. The van der Waals surface area contributed by atoms with Crippen LogP contribution < -0.4 is 4.74 Å². The van der Waals surface area contributed by atoms with E-state index in [1.54, 1.807) is 18.2 Å². The van der Waals surface area contributed by atoms with Crippen molar-refractivity contribution in [1.82, 2.24) is 24.6 Å². The van der Waals surface area contributed by atoms with Gasteiger partial charge in [0.25, 0.3) is 6.43 Å². The molecular formula is C21H24ClF2N5O. The number of aromatic nitrogens is 4. The van der Waals surface area contributed by atoms with E-state index in [1.807, 2.05) is 31.5 Å². The minimum absolute atomic E-state index is 0.0989. The standard InChI is InChI=1S/C21H24ClF2N5O/c1-11-17(22)5-15(13(3)29-21-16(12(2)27-29)6-25-10-26-21)20(30-4)19(11)14-7-28(8-14)9-18(23)24/h5-6,10,13-14,18H,7-9H2,1-4H3. The van der Waals surface area contributed by atoms with E-state index in [0.29, 0.717) is 18.1 Å². The van der Waals surface area contributed by atoms with Crippen LogP contribution in [-0.4, -0.2) is 57.8 Å². The fourth-order valence-electron chi connectivity index (χ4n) is 4.32. The molecule has 3 aromatic rings. The molecule has 1 fully saturated rings. The van der Waals surface area contributed by atoms with E-state index in [4.69, 9.17) is 16.3 Å². The van der Waals surface area contributed by atoms with Crippen LogP contribution in [0.5, 0.6) is 5.75 Å². The van der Waals surface area contributed by atoms with Gasteiger partial charge in [-0.25, -0.2) is 23.4 Å². The number of fused-ring (bicyclic) bond motifs is 1. The number of nitrogens with zero attached hydrogens (tertiary/aromatic N) is 5. The molecule has 160 valence electrons. The second-order valence-corrected chi connectivity index (χ2v) is 8.20. The first-order valence-corrected chi connectivity index (χ1v) is 10.2. The van der Waals surface area contributed by atoms with E-state index in [-0.39, 0.29) is 18.5 Å². The van der Waals surface area contributed by atoms with Gasteiger partial charge in [-0.05, 0) is 32.4 Å². The van der Waals surface area contributed by atoms with Crippen molar-refractivity contribution >= 4 is 22.6 Å². The van der Waals surface area contributed by atoms with Crippen LogP contribution in [0, 0.1) is 13.8 Å². The molecule has 0 aliphatic carbocycles. The highest BCUT2D eigenvalue weighted by molar-refractivity contribution is 6.31. The van der Waals surface area contributed by atoms with Gasteiger partial charge in [0.15, 0.2) is 5.65 Å². The SMILES string of the molecule is COc1c(C(C)n2nc(C)c3cncnc32)cc(Cl)c(C)c1C1CN(CC(F)F)C1. The Morgan fingerprint density at radius 2 is 2.03 bits per heavy atom. The lowest BCUT2D eigenvalue weighted by atomic mass is 9.85. The molecule has 1 aliphatic rings. The molecule has 30 heavy (non-hydrogen) atoms. The van der Waals surface area contributed by atoms with Crippen LogP contribution in [0.1, 0.15) is 41.3 Å². The fourth-order valence-corrected chi connectivity index (χ4v) is 4.54. The van der Waals surface area contributed by atoms with E-state index in [2.05, 4.69) is 15.1 Å². The summed E-state index contributed by atoms with van der Waals surface area (Å²) in [4.78, 5) is 10.2. The first kappa shape index (κ1) is 20.9. The molecule has 0 radical (unpaired) electrons. The van der Waals surface area contributed by atoms with E-state index in [0.717, 1.165) is 39.2 Å². The summed E-state index contributed by atoms with van der Waals surface area (Å²) in [6, 6.07) is 1.71. The average molecular weight is 436 g/mol. The van der Waals surface area contributed by atoms with Crippen molar-refractivity contribution in [2.24, 2.45) is 0 Å². The molecule has 2 aromatic heterocycles. The lowest BCUT2D eigenvalue weighted by Crippen LogP contribution is -2.47. The molecule has 0 bridgehead atoms. The van der Waals surface area contributed by atoms with Crippen molar-refractivity contribution in [1.29, 1.82) is 0 Å². The Balaban J connectivity index is 1.76. The topological polar surface area (TPSA) is 56.1 Å². The van der Waals surface area contributed by atoms with Crippen molar-refractivity contribution in [3.05, 3.63) is 46.0 Å². The molecular weight excluding hydrogens is 412 g/mol. The highest BCUT2D eigenvalue weighted by Crippen LogP contribution is 2.44. The molecule has 0 N–H and O–H groups in total. The van der Waals surface area contributed by atoms with Gasteiger partial charge >= 0.3 is 0 Å². The number of likely N-dealkylation sites (tertiary alicyclic amines) is 1. The number of benzene rings is 1. The predicted molar refractivity (Wildman–Crippen MR) is 112 cm³/mol. The van der Waals surface area contributed by atoms with Crippen LogP contribution in [0.3, 0.4) is 0 Å². The number of methoxy groups -OCH3 is 1. The zero-order chi connectivity index (χ0) is 21.6. The number of hydrogen-bond donors (Lipinski definition) is 0. The van der Waals surface area contributed by atoms with E-state index < -0.39 is 6.43 Å². The zero-order valence-electron chi connectivity index (χ0n) is 17.4. The molecule has 1 aliphatic heterocycles. The number of alkyl halides is 2. The molecule has 4 rings (SSSR count). The molecule has 1 saturated heterocycles. The Morgan fingerprint density at radius 3 is 2.70 bits per heavy atom. The minimum Gasteiger partial charge on any atom is -0.496 e. The molecule has 0 saturated carbocycles. The first-order valence-electron chi connectivity index (χ1n) is 9.84. The van der Waals surface area contributed by atoms with Crippen LogP contribution in [0.25, 0.3) is 11.0 Å². The molecule has 0 amide bonds. The third kappa shape index (κ3) is 3.52. The summed E-state index contributed by atoms with van der Waals surface area (Å²) in [5.74, 6) is 0.836. The average Bonchev–Trinajstić information content (AvgIpc) is 3.03. The van der Waals surface area contributed by atoms with E-state index in [9.17, 15) is 8.78 Å². The van der Waals surface area contributed by atoms with Gasteiger partial charge in [-0.15, -0.1) is 0 Å². The highest BCUT2D eigenvalue weighted by Gasteiger charge is 2.35. The molecule has 0 spiro atoms. The monoisotopic (exact) mass is 435 g/mol. The van der Waals surface area contributed by atoms with Crippen molar-refractivity contribution in [3.8, 4) is 5.75 Å². The Morgan fingerprint density at radius 1 is 1.30 bits per heavy atom. The summed E-state index contributed by atoms with van der Waals surface area (Å²) in [5, 5.41) is 6.19. The highest BCUT2D eigenvalue weighted by atomic mass is 35.5. The van der Waals surface area contributed by atoms with Crippen LogP contribution in [0.2, 0.25) is 5.02 Å². The Hall–Kier alpha value is -2.32. The summed E-state index contributed by atoms with van der Waals surface area (Å²) in [6.45, 7) is 6.81. The summed E-state index contributed by atoms with van der Waals surface area (Å²) in [5.41, 5.74) is 4.38. The van der Waals surface area contributed by atoms with Crippen LogP contribution in [-0.2, 0) is 0 Å². The Bertz CT molecular complexity index is 1080. The molecule has 1 aromatic carbocycles. The second-order valence-electron chi connectivity index (χ2n) is 7.79. The smallest absolute Gasteiger partial charge is 0.251 e. The maximum atomic E-state index is 12.7. The largest absolute Gasteiger partial charge is 0.496 e. The number of hydrogen-bond acceptors (Lipinski definition) is 5. The lowest BCUT2D eigenvalue weighted by molar-refractivity contribution is 0.0460. The first-order chi connectivity index (χ1) is 14.3. The fraction of sp³-hybridized carbons (Fsp3) is 0.476. The summed E-state index contributed by atoms with van der Waals surface area (Å²) < 4.78 is 33.1. The molecule has 6 nitrogen and oxygen atoms in total. The quantitative estimate of drug-likeness (QED) is 0.575. The van der Waals surface area contributed by atoms with E-state index >= 15 is 0 Å². The molecule has 9 heteroatoms. The Kier molecular flexibility index (Phi) is 5.63. The van der Waals surface area contributed by atoms with E-state index in [1.165, 1.54) is 6.33 Å². The number of aryl methyl sites for hydroxylation is 1. The number of ether oxygens (including phenoxy) is 1. The summed E-state index contributed by atoms with van der Waals surface area (Å²) in [6.07, 6.45) is 0.927. The van der Waals surface area contributed by atoms with Gasteiger partial charge < -0.3 is 4.74 Å². The van der Waals surface area contributed by atoms with Gasteiger partial charge in [0, 0.05) is 41.4 Å². The zero-order valence-corrected chi connectivity index (χ0v) is 18.1. The van der Waals surface area contributed by atoms with Crippen molar-refractivity contribution in [2.45, 2.75) is 39.2 Å². The predicted octanol–water partition coefficient (Wildman–Crippen LogP) is 4.38. The van der Waals surface area contributed by atoms with Crippen molar-refractivity contribution in [3.63, 3.8) is 0 Å². The van der Waals surface area contributed by atoms with Crippen LogP contribution in [0.4, 0.5) is 8.78 Å². The Labute approximate surface area is 178 Å². The lowest BCUT2D eigenvalue weighted by Gasteiger charge is -2.41. The van der Waals surface area contributed by atoms with Crippen molar-refractivity contribution in [2.75, 3.05) is 26.7 Å². The molecule has 1 atom stereocenters. The summed E-state index contributed by atoms with van der Waals surface area (Å²) in [7, 11) is 1.63. The maximum Gasteiger partial charge on any atom is 0.251 e. The molecule has 1 unspecified atom stereocenters. The second kappa shape index (κ2) is 8.07. The van der Waals surface area contributed by atoms with Gasteiger partial charge in [-0.2, -0.15) is 5.10 Å². The normalized spacial score (nSPS) is 16.3. The minimum atomic E-state index is -2.33. The van der Waals surface area contributed by atoms with Gasteiger partial charge in [0.2, 0.25) is 0 Å².